The zero-order valence-corrected chi connectivity index (χ0v) is 15.1. The number of amides is 1. The maximum absolute atomic E-state index is 12.3. The van der Waals surface area contributed by atoms with Gasteiger partial charge in [0.15, 0.2) is 0 Å². The van der Waals surface area contributed by atoms with Gasteiger partial charge in [-0.15, -0.1) is 0 Å². The monoisotopic (exact) mass is 345 g/mol. The van der Waals surface area contributed by atoms with E-state index in [0.29, 0.717) is 5.56 Å². The van der Waals surface area contributed by atoms with Crippen molar-refractivity contribution in [3.8, 4) is 0 Å². The molecule has 0 saturated carbocycles. The average Bonchev–Trinajstić information content (AvgIpc) is 2.67. The minimum Gasteiger partial charge on any atom is -0.374 e. The molecule has 0 unspecified atom stereocenters. The predicted octanol–water partition coefficient (Wildman–Crippen LogP) is 4.32. The van der Waals surface area contributed by atoms with E-state index in [-0.39, 0.29) is 5.91 Å². The summed E-state index contributed by atoms with van der Waals surface area (Å²) in [5.74, 6) is -0.0903. The van der Waals surface area contributed by atoms with Crippen molar-refractivity contribution in [3.63, 3.8) is 0 Å². The largest absolute Gasteiger partial charge is 0.374 e. The Morgan fingerprint density at radius 1 is 1.04 bits per heavy atom. The van der Waals surface area contributed by atoms with Crippen LogP contribution >= 0.6 is 0 Å². The Morgan fingerprint density at radius 2 is 1.77 bits per heavy atom. The normalized spacial score (nSPS) is 10.4. The second-order valence-corrected chi connectivity index (χ2v) is 6.40. The van der Waals surface area contributed by atoms with Crippen LogP contribution < -0.4 is 10.2 Å². The van der Waals surface area contributed by atoms with E-state index in [0.717, 1.165) is 29.9 Å². The van der Waals surface area contributed by atoms with Gasteiger partial charge in [0.05, 0.1) is 0 Å². The standard InChI is InChI=1S/C22H23N3O/c1-17-4-3-5-19(16-17)22(26)24-20-6-8-21(9-7-20)25(2)15-12-18-10-13-23-14-11-18/h3-11,13-14,16H,12,15H2,1-2H3,(H,24,26). The molecular formula is C22H23N3O. The first-order chi connectivity index (χ1) is 12.6. The number of likely N-dealkylation sites (N-methyl/N-ethyl adjacent to an activating group) is 1. The maximum Gasteiger partial charge on any atom is 0.255 e. The molecule has 1 aromatic heterocycles. The first kappa shape index (κ1) is 17.7. The number of nitrogens with zero attached hydrogens (tertiary/aromatic N) is 2. The lowest BCUT2D eigenvalue weighted by molar-refractivity contribution is 0.102. The average molecular weight is 345 g/mol. The quantitative estimate of drug-likeness (QED) is 0.723. The zero-order chi connectivity index (χ0) is 18.4. The summed E-state index contributed by atoms with van der Waals surface area (Å²) in [6.07, 6.45) is 4.60. The second kappa shape index (κ2) is 8.30. The van der Waals surface area contributed by atoms with Crippen LogP contribution in [-0.2, 0) is 6.42 Å². The molecule has 4 nitrogen and oxygen atoms in total. The van der Waals surface area contributed by atoms with Crippen LogP contribution in [0.4, 0.5) is 11.4 Å². The highest BCUT2D eigenvalue weighted by Gasteiger charge is 2.07. The Kier molecular flexibility index (Phi) is 5.64. The van der Waals surface area contributed by atoms with Gasteiger partial charge in [-0.2, -0.15) is 0 Å². The van der Waals surface area contributed by atoms with Gasteiger partial charge in [0.1, 0.15) is 0 Å². The van der Waals surface area contributed by atoms with Crippen LogP contribution in [0.3, 0.4) is 0 Å². The summed E-state index contributed by atoms with van der Waals surface area (Å²) in [5.41, 5.74) is 4.93. The number of pyridine rings is 1. The van der Waals surface area contributed by atoms with Crippen molar-refractivity contribution < 1.29 is 4.79 Å². The molecule has 0 saturated heterocycles. The van der Waals surface area contributed by atoms with Crippen molar-refractivity contribution in [2.75, 3.05) is 23.8 Å². The third-order valence-electron chi connectivity index (χ3n) is 4.33. The van der Waals surface area contributed by atoms with Crippen LogP contribution in [0.5, 0.6) is 0 Å². The molecule has 1 N–H and O–H groups in total. The van der Waals surface area contributed by atoms with Crippen LogP contribution in [0.15, 0.2) is 73.1 Å². The highest BCUT2D eigenvalue weighted by atomic mass is 16.1. The van der Waals surface area contributed by atoms with Gasteiger partial charge in [-0.3, -0.25) is 9.78 Å². The van der Waals surface area contributed by atoms with Crippen molar-refractivity contribution >= 4 is 17.3 Å². The molecule has 0 atom stereocenters. The van der Waals surface area contributed by atoms with Crippen molar-refractivity contribution in [1.82, 2.24) is 4.98 Å². The summed E-state index contributed by atoms with van der Waals surface area (Å²) in [5, 5.41) is 2.95. The minimum absolute atomic E-state index is 0.0903. The van der Waals surface area contributed by atoms with E-state index in [1.807, 2.05) is 80.0 Å². The SMILES string of the molecule is Cc1cccc(C(=O)Nc2ccc(N(C)CCc3ccncc3)cc2)c1. The first-order valence-corrected chi connectivity index (χ1v) is 8.70. The predicted molar refractivity (Wildman–Crippen MR) is 107 cm³/mol. The van der Waals surface area contributed by atoms with Gasteiger partial charge in [-0.1, -0.05) is 17.7 Å². The third-order valence-corrected chi connectivity index (χ3v) is 4.33. The Bertz CT molecular complexity index is 860. The van der Waals surface area contributed by atoms with Gasteiger partial charge >= 0.3 is 0 Å². The minimum atomic E-state index is -0.0903. The lowest BCUT2D eigenvalue weighted by atomic mass is 10.1. The molecule has 132 valence electrons. The Hall–Kier alpha value is -3.14. The van der Waals surface area contributed by atoms with Gasteiger partial charge in [-0.05, 0) is 67.4 Å². The van der Waals surface area contributed by atoms with E-state index < -0.39 is 0 Å². The summed E-state index contributed by atoms with van der Waals surface area (Å²) < 4.78 is 0. The lowest BCUT2D eigenvalue weighted by Gasteiger charge is -2.19. The van der Waals surface area contributed by atoms with E-state index in [1.165, 1.54) is 5.56 Å². The Labute approximate surface area is 154 Å². The molecule has 3 rings (SSSR count). The number of anilines is 2. The molecule has 2 aromatic carbocycles. The van der Waals surface area contributed by atoms with E-state index in [4.69, 9.17) is 0 Å². The van der Waals surface area contributed by atoms with E-state index in [9.17, 15) is 4.79 Å². The molecule has 0 aliphatic carbocycles. The summed E-state index contributed by atoms with van der Waals surface area (Å²) in [4.78, 5) is 18.6. The molecule has 0 aliphatic heterocycles. The van der Waals surface area contributed by atoms with Crippen molar-refractivity contribution in [3.05, 3.63) is 89.7 Å². The fourth-order valence-electron chi connectivity index (χ4n) is 2.76. The first-order valence-electron chi connectivity index (χ1n) is 8.70. The molecule has 0 fully saturated rings. The number of rotatable bonds is 6. The van der Waals surface area contributed by atoms with Gasteiger partial charge < -0.3 is 10.2 Å². The van der Waals surface area contributed by atoms with Gasteiger partial charge in [0.2, 0.25) is 0 Å². The fourth-order valence-corrected chi connectivity index (χ4v) is 2.76. The van der Waals surface area contributed by atoms with Crippen molar-refractivity contribution in [2.24, 2.45) is 0 Å². The highest BCUT2D eigenvalue weighted by molar-refractivity contribution is 6.04. The van der Waals surface area contributed by atoms with E-state index in [2.05, 4.69) is 22.2 Å². The fraction of sp³-hybridized carbons (Fsp3) is 0.182. The number of aromatic nitrogens is 1. The van der Waals surface area contributed by atoms with Crippen LogP contribution in [0.1, 0.15) is 21.5 Å². The third kappa shape index (κ3) is 4.70. The number of hydrogen-bond donors (Lipinski definition) is 1. The molecule has 0 aliphatic rings. The van der Waals surface area contributed by atoms with Crippen LogP contribution in [0.25, 0.3) is 0 Å². The smallest absolute Gasteiger partial charge is 0.255 e. The number of carbonyl (C=O) groups is 1. The van der Waals surface area contributed by atoms with Crippen LogP contribution in [-0.4, -0.2) is 24.5 Å². The number of aryl methyl sites for hydroxylation is 1. The van der Waals surface area contributed by atoms with Crippen LogP contribution in [0.2, 0.25) is 0 Å². The van der Waals surface area contributed by atoms with Gasteiger partial charge in [-0.25, -0.2) is 0 Å². The molecule has 0 bridgehead atoms. The molecule has 1 heterocycles. The van der Waals surface area contributed by atoms with E-state index >= 15 is 0 Å². The molecule has 26 heavy (non-hydrogen) atoms. The van der Waals surface area contributed by atoms with Crippen molar-refractivity contribution in [2.45, 2.75) is 13.3 Å². The molecule has 1 amide bonds. The number of benzene rings is 2. The Morgan fingerprint density at radius 3 is 2.46 bits per heavy atom. The molecular weight excluding hydrogens is 322 g/mol. The summed E-state index contributed by atoms with van der Waals surface area (Å²) >= 11 is 0. The molecule has 4 heteroatoms. The topological polar surface area (TPSA) is 45.2 Å². The summed E-state index contributed by atoms with van der Waals surface area (Å²) in [6.45, 7) is 2.90. The number of hydrogen-bond acceptors (Lipinski definition) is 3. The summed E-state index contributed by atoms with van der Waals surface area (Å²) in [6, 6.07) is 19.6. The Balaban J connectivity index is 1.58. The van der Waals surface area contributed by atoms with Gasteiger partial charge in [0, 0.05) is 42.9 Å². The number of carbonyl (C=O) groups excluding carboxylic acids is 1. The number of nitrogens with one attached hydrogen (secondary N) is 1. The molecule has 0 spiro atoms. The van der Waals surface area contributed by atoms with Crippen molar-refractivity contribution in [1.29, 1.82) is 0 Å². The van der Waals surface area contributed by atoms with Crippen LogP contribution in [0, 0.1) is 6.92 Å². The lowest BCUT2D eigenvalue weighted by Crippen LogP contribution is -2.20. The zero-order valence-electron chi connectivity index (χ0n) is 15.1. The molecule has 3 aromatic rings. The second-order valence-electron chi connectivity index (χ2n) is 6.40. The highest BCUT2D eigenvalue weighted by Crippen LogP contribution is 2.18. The maximum atomic E-state index is 12.3. The van der Waals surface area contributed by atoms with E-state index in [1.54, 1.807) is 0 Å². The molecule has 0 radical (unpaired) electrons. The van der Waals surface area contributed by atoms with Gasteiger partial charge in [0.25, 0.3) is 5.91 Å². The summed E-state index contributed by atoms with van der Waals surface area (Å²) in [7, 11) is 2.07.